The zero-order valence-electron chi connectivity index (χ0n) is 19.3. The normalized spacial score (nSPS) is 33.5. The minimum absolute atomic E-state index is 0.0156. The molecular weight excluding hydrogens is 380 g/mol. The second-order valence-electron chi connectivity index (χ2n) is 9.71. The van der Waals surface area contributed by atoms with Crippen molar-refractivity contribution in [3.8, 4) is 0 Å². The topological polar surface area (TPSA) is 76.0 Å². The van der Waals surface area contributed by atoms with E-state index in [4.69, 9.17) is 9.47 Å². The Morgan fingerprint density at radius 2 is 1.97 bits per heavy atom. The minimum atomic E-state index is -1.24. The molecule has 0 radical (unpaired) electrons. The highest BCUT2D eigenvalue weighted by Crippen LogP contribution is 2.52. The van der Waals surface area contributed by atoms with Gasteiger partial charge in [-0.25, -0.2) is 4.79 Å². The van der Waals surface area contributed by atoms with Gasteiger partial charge in [0.2, 0.25) is 0 Å². The molecule has 1 heterocycles. The van der Waals surface area contributed by atoms with Crippen molar-refractivity contribution in [2.24, 2.45) is 17.3 Å². The Labute approximate surface area is 181 Å². The van der Waals surface area contributed by atoms with E-state index < -0.39 is 11.8 Å². The van der Waals surface area contributed by atoms with Crippen molar-refractivity contribution in [3.63, 3.8) is 0 Å². The maximum absolute atomic E-state index is 11.9. The third kappa shape index (κ3) is 6.40. The lowest BCUT2D eigenvalue weighted by molar-refractivity contribution is -0.172. The van der Waals surface area contributed by atoms with Crippen LogP contribution in [-0.4, -0.2) is 34.7 Å². The number of fused-ring (bicyclic) bond motifs is 1. The first-order valence-corrected chi connectivity index (χ1v) is 10.8. The van der Waals surface area contributed by atoms with Crippen LogP contribution in [0.25, 0.3) is 0 Å². The number of hydrogen-bond acceptors (Lipinski definition) is 5. The Balaban J connectivity index is 2.36. The summed E-state index contributed by atoms with van der Waals surface area (Å²) in [7, 11) is 0. The van der Waals surface area contributed by atoms with Crippen LogP contribution in [0.3, 0.4) is 0 Å². The number of rotatable bonds is 7. The van der Waals surface area contributed by atoms with Gasteiger partial charge in [-0.3, -0.25) is 0 Å². The average molecular weight is 419 g/mol. The molecule has 0 spiro atoms. The van der Waals surface area contributed by atoms with E-state index in [1.54, 1.807) is 6.92 Å². The van der Waals surface area contributed by atoms with Gasteiger partial charge < -0.3 is 19.7 Å². The highest BCUT2D eigenvalue weighted by atomic mass is 16.6. The summed E-state index contributed by atoms with van der Waals surface area (Å²) in [4.78, 5) is 11.9. The Morgan fingerprint density at radius 1 is 1.27 bits per heavy atom. The summed E-state index contributed by atoms with van der Waals surface area (Å²) in [6.45, 7) is 11.7. The highest BCUT2D eigenvalue weighted by Gasteiger charge is 2.51. The molecule has 2 aliphatic rings. The largest absolute Gasteiger partial charge is 0.432 e. The zero-order chi connectivity index (χ0) is 22.5. The molecule has 1 aliphatic carbocycles. The van der Waals surface area contributed by atoms with Gasteiger partial charge in [0.1, 0.15) is 0 Å². The van der Waals surface area contributed by atoms with Crippen LogP contribution >= 0.6 is 0 Å². The molecule has 2 N–H and O–H groups in total. The number of carbonyl (C=O) groups is 1. The van der Waals surface area contributed by atoms with Crippen molar-refractivity contribution >= 4 is 5.97 Å². The summed E-state index contributed by atoms with van der Waals surface area (Å²) < 4.78 is 11.3. The Kier molecular flexibility index (Phi) is 8.26. The standard InChI is InChI=1S/C25H38O5/c1-17(2)8-7-11-24(5)12-9-19(16-26)23-20(15-25(6,28)30-23)21(24)10-13-29-22(27)14-18(3)4/h8-10,13-14,20-21,23,26,28H,7,11-12,15-16H2,1-6H3/b13-10+/t20-,21-,23+,24-,25?/m0/s1. The van der Waals surface area contributed by atoms with E-state index in [9.17, 15) is 15.0 Å². The van der Waals surface area contributed by atoms with Gasteiger partial charge in [0, 0.05) is 18.4 Å². The van der Waals surface area contributed by atoms with Gasteiger partial charge in [-0.15, -0.1) is 0 Å². The molecule has 5 heteroatoms. The molecule has 1 aliphatic heterocycles. The second kappa shape index (κ2) is 10.1. The molecule has 0 amide bonds. The molecule has 1 unspecified atom stereocenters. The summed E-state index contributed by atoms with van der Waals surface area (Å²) in [5.41, 5.74) is 2.86. The maximum Gasteiger partial charge on any atom is 0.335 e. The predicted octanol–water partition coefficient (Wildman–Crippen LogP) is 4.81. The summed E-state index contributed by atoms with van der Waals surface area (Å²) >= 11 is 0. The molecule has 168 valence electrons. The lowest BCUT2D eigenvalue weighted by Crippen LogP contribution is -2.34. The van der Waals surface area contributed by atoms with Crippen molar-refractivity contribution in [1.82, 2.24) is 0 Å². The molecule has 0 aromatic carbocycles. The van der Waals surface area contributed by atoms with Crippen LogP contribution in [0.5, 0.6) is 0 Å². The highest BCUT2D eigenvalue weighted by molar-refractivity contribution is 5.83. The monoisotopic (exact) mass is 418 g/mol. The third-order valence-corrected chi connectivity index (χ3v) is 6.17. The smallest absolute Gasteiger partial charge is 0.335 e. The Hall–Kier alpha value is -1.69. The van der Waals surface area contributed by atoms with Crippen molar-refractivity contribution in [2.75, 3.05) is 6.61 Å². The van der Waals surface area contributed by atoms with Gasteiger partial charge in [-0.2, -0.15) is 0 Å². The van der Waals surface area contributed by atoms with Gasteiger partial charge in [0.25, 0.3) is 0 Å². The first-order valence-electron chi connectivity index (χ1n) is 10.8. The van der Waals surface area contributed by atoms with E-state index in [2.05, 4.69) is 32.9 Å². The minimum Gasteiger partial charge on any atom is -0.432 e. The number of aliphatic hydroxyl groups is 2. The summed E-state index contributed by atoms with van der Waals surface area (Å²) in [5, 5.41) is 20.6. The molecule has 30 heavy (non-hydrogen) atoms. The van der Waals surface area contributed by atoms with E-state index in [1.807, 2.05) is 19.9 Å². The van der Waals surface area contributed by atoms with Gasteiger partial charge in [0.15, 0.2) is 5.79 Å². The number of aliphatic hydroxyl groups excluding tert-OH is 1. The molecular formula is C25H38O5. The fourth-order valence-corrected chi connectivity index (χ4v) is 4.70. The van der Waals surface area contributed by atoms with Gasteiger partial charge in [-0.1, -0.05) is 30.2 Å². The van der Waals surface area contributed by atoms with Crippen molar-refractivity contribution in [1.29, 1.82) is 0 Å². The van der Waals surface area contributed by atoms with Gasteiger partial charge in [0.05, 0.1) is 19.0 Å². The van der Waals surface area contributed by atoms with E-state index in [-0.39, 0.29) is 30.0 Å². The molecule has 0 aromatic rings. The molecule has 0 bridgehead atoms. The van der Waals surface area contributed by atoms with Crippen molar-refractivity contribution < 1.29 is 24.5 Å². The molecule has 5 atom stereocenters. The SMILES string of the molecule is CC(C)=CCC[C@@]1(C)CC=C(CO)[C@H]2OC(C)(O)C[C@H]2[C@@H]1/C=C/OC(=O)C=C(C)C. The van der Waals surface area contributed by atoms with Crippen LogP contribution in [-0.2, 0) is 14.3 Å². The van der Waals surface area contributed by atoms with Crippen molar-refractivity contribution in [3.05, 3.63) is 47.3 Å². The van der Waals surface area contributed by atoms with E-state index in [1.165, 1.54) is 17.9 Å². The maximum atomic E-state index is 11.9. The van der Waals surface area contributed by atoms with Crippen LogP contribution in [0.4, 0.5) is 0 Å². The Bertz CT molecular complexity index is 735. The molecule has 5 nitrogen and oxygen atoms in total. The fraction of sp³-hybridized carbons (Fsp3) is 0.640. The van der Waals surface area contributed by atoms with Gasteiger partial charge in [-0.05, 0) is 76.9 Å². The van der Waals surface area contributed by atoms with E-state index in [0.717, 1.165) is 30.4 Å². The quantitative estimate of drug-likeness (QED) is 0.268. The number of ether oxygens (including phenoxy) is 2. The third-order valence-electron chi connectivity index (χ3n) is 6.17. The number of esters is 1. The summed E-state index contributed by atoms with van der Waals surface area (Å²) in [6.07, 6.45) is 12.0. The molecule has 2 rings (SSSR count). The van der Waals surface area contributed by atoms with E-state index in [0.29, 0.717) is 6.42 Å². The first-order chi connectivity index (χ1) is 14.0. The Morgan fingerprint density at radius 3 is 2.57 bits per heavy atom. The van der Waals surface area contributed by atoms with Crippen LogP contribution in [0, 0.1) is 17.3 Å². The number of allylic oxidation sites excluding steroid dienone is 5. The molecule has 0 aromatic heterocycles. The van der Waals surface area contributed by atoms with Gasteiger partial charge >= 0.3 is 5.97 Å². The fourth-order valence-electron chi connectivity index (χ4n) is 4.70. The summed E-state index contributed by atoms with van der Waals surface area (Å²) in [6, 6.07) is 0. The lowest BCUT2D eigenvalue weighted by Gasteiger charge is -2.38. The number of hydrogen-bond donors (Lipinski definition) is 2. The van der Waals surface area contributed by atoms with E-state index >= 15 is 0 Å². The predicted molar refractivity (Wildman–Crippen MR) is 118 cm³/mol. The van der Waals surface area contributed by atoms with Crippen LogP contribution in [0.1, 0.15) is 67.2 Å². The zero-order valence-corrected chi connectivity index (χ0v) is 19.3. The van der Waals surface area contributed by atoms with Crippen LogP contribution in [0.2, 0.25) is 0 Å². The first kappa shape index (κ1) is 24.6. The number of carbonyl (C=O) groups excluding carboxylic acids is 1. The molecule has 0 saturated carbocycles. The van der Waals surface area contributed by atoms with Crippen LogP contribution < -0.4 is 0 Å². The molecule has 1 saturated heterocycles. The van der Waals surface area contributed by atoms with Crippen molar-refractivity contribution in [2.45, 2.75) is 79.1 Å². The van der Waals surface area contributed by atoms with Crippen LogP contribution in [0.15, 0.2) is 47.3 Å². The average Bonchev–Trinajstić information content (AvgIpc) is 2.88. The summed E-state index contributed by atoms with van der Waals surface area (Å²) in [5.74, 6) is -1.64. The second-order valence-corrected chi connectivity index (χ2v) is 9.71. The molecule has 1 fully saturated rings. The lowest BCUT2D eigenvalue weighted by atomic mass is 9.65.